The molecule has 0 fully saturated rings. The number of nitrogens with one attached hydrogen (secondary N) is 1. The monoisotopic (exact) mass is 362 g/mol. The average molecular weight is 364 g/mol. The van der Waals surface area contributed by atoms with Crippen LogP contribution in [0.3, 0.4) is 0 Å². The van der Waals surface area contributed by atoms with Gasteiger partial charge in [0.2, 0.25) is 0 Å². The Labute approximate surface area is 128 Å². The van der Waals surface area contributed by atoms with E-state index in [0.717, 1.165) is 0 Å². The third-order valence-electron chi connectivity index (χ3n) is 2.75. The second-order valence-corrected chi connectivity index (χ2v) is 5.52. The number of hydrogen-bond donors (Lipinski definition) is 2. The third kappa shape index (κ3) is 2.93. The molecule has 0 aromatic heterocycles. The van der Waals surface area contributed by atoms with E-state index in [2.05, 4.69) is 21.4 Å². The van der Waals surface area contributed by atoms with Crippen molar-refractivity contribution < 1.29 is 4.39 Å². The van der Waals surface area contributed by atoms with Crippen LogP contribution in [0.1, 0.15) is 17.2 Å². The summed E-state index contributed by atoms with van der Waals surface area (Å²) in [7, 11) is 0. The third-order valence-corrected chi connectivity index (χ3v) is 4.27. The molecular formula is C13H10BrCl2FN2. The molecule has 0 spiro atoms. The van der Waals surface area contributed by atoms with Gasteiger partial charge in [-0.2, -0.15) is 0 Å². The summed E-state index contributed by atoms with van der Waals surface area (Å²) in [5.41, 5.74) is 3.57. The highest BCUT2D eigenvalue weighted by molar-refractivity contribution is 9.10. The molecule has 2 aromatic rings. The molecule has 0 heterocycles. The van der Waals surface area contributed by atoms with Gasteiger partial charge in [0.25, 0.3) is 0 Å². The molecule has 0 aliphatic carbocycles. The van der Waals surface area contributed by atoms with Crippen molar-refractivity contribution in [2.45, 2.75) is 6.04 Å². The van der Waals surface area contributed by atoms with E-state index < -0.39 is 6.04 Å². The fourth-order valence-electron chi connectivity index (χ4n) is 1.86. The normalized spacial score (nSPS) is 12.5. The lowest BCUT2D eigenvalue weighted by molar-refractivity contribution is 0.558. The summed E-state index contributed by atoms with van der Waals surface area (Å²) in [5, 5.41) is 0.745. The molecule has 0 aliphatic rings. The summed E-state index contributed by atoms with van der Waals surface area (Å²) < 4.78 is 14.6. The predicted molar refractivity (Wildman–Crippen MR) is 79.7 cm³/mol. The van der Waals surface area contributed by atoms with Crippen molar-refractivity contribution in [2.24, 2.45) is 5.84 Å². The van der Waals surface area contributed by atoms with Gasteiger partial charge in [0, 0.05) is 10.0 Å². The quantitative estimate of drug-likeness (QED) is 0.624. The summed E-state index contributed by atoms with van der Waals surface area (Å²) in [6.07, 6.45) is 0. The van der Waals surface area contributed by atoms with Gasteiger partial charge in [-0.3, -0.25) is 5.84 Å². The van der Waals surface area contributed by atoms with Gasteiger partial charge in [-0.05, 0) is 23.8 Å². The van der Waals surface area contributed by atoms with Crippen LogP contribution in [0.2, 0.25) is 10.0 Å². The Bertz CT molecular complexity index is 587. The Kier molecular flexibility index (Phi) is 4.81. The highest BCUT2D eigenvalue weighted by Crippen LogP contribution is 2.36. The van der Waals surface area contributed by atoms with Gasteiger partial charge in [0.1, 0.15) is 5.82 Å². The lowest BCUT2D eigenvalue weighted by atomic mass is 9.99. The minimum absolute atomic E-state index is 0.349. The standard InChI is InChI=1S/C13H10BrCl2FN2/c14-8-4-2-6-10(17)11(8)13(19-18)7-3-1-5-9(15)12(7)16/h1-6,13,19H,18H2. The SMILES string of the molecule is NNC(c1cccc(Cl)c1Cl)c1c(F)cccc1Br. The van der Waals surface area contributed by atoms with Gasteiger partial charge in [-0.1, -0.05) is 57.3 Å². The van der Waals surface area contributed by atoms with E-state index in [9.17, 15) is 4.39 Å². The van der Waals surface area contributed by atoms with Crippen LogP contribution in [0.5, 0.6) is 0 Å². The van der Waals surface area contributed by atoms with Gasteiger partial charge < -0.3 is 0 Å². The van der Waals surface area contributed by atoms with Crippen LogP contribution in [-0.2, 0) is 0 Å². The lowest BCUT2D eigenvalue weighted by Crippen LogP contribution is -2.30. The zero-order chi connectivity index (χ0) is 14.0. The molecule has 1 unspecified atom stereocenters. The van der Waals surface area contributed by atoms with E-state index >= 15 is 0 Å². The number of benzene rings is 2. The fourth-order valence-corrected chi connectivity index (χ4v) is 2.85. The molecule has 6 heteroatoms. The largest absolute Gasteiger partial charge is 0.271 e. The highest BCUT2D eigenvalue weighted by atomic mass is 79.9. The zero-order valence-corrected chi connectivity index (χ0v) is 12.7. The maximum Gasteiger partial charge on any atom is 0.129 e. The minimum Gasteiger partial charge on any atom is -0.271 e. The molecule has 0 bridgehead atoms. The van der Waals surface area contributed by atoms with Crippen molar-refractivity contribution in [3.05, 3.63) is 67.9 Å². The second kappa shape index (κ2) is 6.20. The maximum absolute atomic E-state index is 14.0. The summed E-state index contributed by atoms with van der Waals surface area (Å²) in [4.78, 5) is 0. The molecule has 0 saturated carbocycles. The first kappa shape index (κ1) is 14.8. The van der Waals surface area contributed by atoms with E-state index in [1.165, 1.54) is 6.07 Å². The molecule has 0 amide bonds. The Balaban J connectivity index is 2.60. The Morgan fingerprint density at radius 2 is 1.84 bits per heavy atom. The van der Waals surface area contributed by atoms with Gasteiger partial charge in [-0.25, -0.2) is 9.82 Å². The van der Waals surface area contributed by atoms with Gasteiger partial charge in [0.05, 0.1) is 16.1 Å². The van der Waals surface area contributed by atoms with Gasteiger partial charge >= 0.3 is 0 Å². The van der Waals surface area contributed by atoms with Gasteiger partial charge in [0.15, 0.2) is 0 Å². The maximum atomic E-state index is 14.0. The molecule has 0 aliphatic heterocycles. The number of rotatable bonds is 3. The summed E-state index contributed by atoms with van der Waals surface area (Å²) in [6, 6.07) is 9.26. The van der Waals surface area contributed by atoms with Crippen molar-refractivity contribution in [2.75, 3.05) is 0 Å². The average Bonchev–Trinajstić information content (AvgIpc) is 2.38. The van der Waals surface area contributed by atoms with Gasteiger partial charge in [-0.15, -0.1) is 0 Å². The fraction of sp³-hybridized carbons (Fsp3) is 0.0769. The Morgan fingerprint density at radius 1 is 1.16 bits per heavy atom. The van der Waals surface area contributed by atoms with E-state index in [4.69, 9.17) is 29.0 Å². The van der Waals surface area contributed by atoms with Crippen LogP contribution in [0.15, 0.2) is 40.9 Å². The molecule has 2 rings (SSSR count). The zero-order valence-electron chi connectivity index (χ0n) is 9.63. The molecule has 2 aromatic carbocycles. The smallest absolute Gasteiger partial charge is 0.129 e. The van der Waals surface area contributed by atoms with Crippen LogP contribution < -0.4 is 11.3 Å². The predicted octanol–water partition coefficient (Wildman–Crippen LogP) is 4.45. The van der Waals surface area contributed by atoms with Crippen molar-refractivity contribution in [1.29, 1.82) is 0 Å². The molecule has 19 heavy (non-hydrogen) atoms. The van der Waals surface area contributed by atoms with Crippen molar-refractivity contribution in [3.63, 3.8) is 0 Å². The van der Waals surface area contributed by atoms with E-state index in [-0.39, 0.29) is 5.82 Å². The number of nitrogens with two attached hydrogens (primary N) is 1. The van der Waals surface area contributed by atoms with E-state index in [1.54, 1.807) is 30.3 Å². The molecule has 2 nitrogen and oxygen atoms in total. The molecular weight excluding hydrogens is 354 g/mol. The number of hydrazine groups is 1. The van der Waals surface area contributed by atoms with Crippen molar-refractivity contribution in [1.82, 2.24) is 5.43 Å². The number of hydrogen-bond acceptors (Lipinski definition) is 2. The van der Waals surface area contributed by atoms with Crippen LogP contribution in [-0.4, -0.2) is 0 Å². The summed E-state index contributed by atoms with van der Waals surface area (Å²) in [6.45, 7) is 0. The first-order valence-corrected chi connectivity index (χ1v) is 6.95. The second-order valence-electron chi connectivity index (χ2n) is 3.88. The van der Waals surface area contributed by atoms with Crippen LogP contribution >= 0.6 is 39.1 Å². The summed E-state index contributed by atoms with van der Waals surface area (Å²) in [5.74, 6) is 5.17. The highest BCUT2D eigenvalue weighted by Gasteiger charge is 2.22. The summed E-state index contributed by atoms with van der Waals surface area (Å²) >= 11 is 15.4. The van der Waals surface area contributed by atoms with E-state index in [0.29, 0.717) is 25.6 Å². The van der Waals surface area contributed by atoms with Crippen LogP contribution in [0, 0.1) is 5.82 Å². The van der Waals surface area contributed by atoms with Crippen LogP contribution in [0.25, 0.3) is 0 Å². The molecule has 1 atom stereocenters. The minimum atomic E-state index is -0.596. The Hall–Kier alpha value is -0.650. The molecule has 3 N–H and O–H groups in total. The number of halogens is 4. The Morgan fingerprint density at radius 3 is 2.47 bits per heavy atom. The molecule has 0 radical (unpaired) electrons. The topological polar surface area (TPSA) is 38.0 Å². The molecule has 0 saturated heterocycles. The van der Waals surface area contributed by atoms with Crippen molar-refractivity contribution in [3.8, 4) is 0 Å². The van der Waals surface area contributed by atoms with E-state index in [1.807, 2.05) is 0 Å². The van der Waals surface area contributed by atoms with Crippen LogP contribution in [0.4, 0.5) is 4.39 Å². The molecule has 100 valence electrons. The first-order valence-electron chi connectivity index (χ1n) is 5.40. The van der Waals surface area contributed by atoms with Crippen molar-refractivity contribution >= 4 is 39.1 Å². The lowest BCUT2D eigenvalue weighted by Gasteiger charge is -2.20. The first-order chi connectivity index (χ1) is 9.06.